The van der Waals surface area contributed by atoms with Crippen LogP contribution in [-0.2, 0) is 6.54 Å². The fraction of sp³-hybridized carbons (Fsp3) is 0.250. The number of hydrogen-bond donors (Lipinski definition) is 1. The molecular weight excluding hydrogens is 360 g/mol. The number of benzene rings is 1. The number of aryl methyl sites for hydroxylation is 1. The molecule has 1 aromatic carbocycles. The molecule has 3 aromatic rings. The van der Waals surface area contributed by atoms with Gasteiger partial charge in [-0.3, -0.25) is 9.89 Å². The Labute approximate surface area is 162 Å². The van der Waals surface area contributed by atoms with Crippen molar-refractivity contribution in [3.8, 4) is 17.1 Å². The zero-order chi connectivity index (χ0) is 19.4. The number of methoxy groups -OCH3 is 1. The van der Waals surface area contributed by atoms with Gasteiger partial charge >= 0.3 is 0 Å². The van der Waals surface area contributed by atoms with Crippen LogP contribution in [-0.4, -0.2) is 38.4 Å². The molecule has 0 unspecified atom stereocenters. The third-order valence-electron chi connectivity index (χ3n) is 4.35. The van der Waals surface area contributed by atoms with Crippen LogP contribution >= 0.6 is 11.8 Å². The number of nitrogens with zero attached hydrogens (tertiary/aromatic N) is 3. The molecule has 1 N–H and O–H groups in total. The lowest BCUT2D eigenvalue weighted by atomic mass is 10.2. The molecule has 0 spiro atoms. The molecule has 0 radical (unpaired) electrons. The minimum atomic E-state index is 0.0687. The first kappa shape index (κ1) is 19.0. The van der Waals surface area contributed by atoms with Gasteiger partial charge in [-0.25, -0.2) is 4.98 Å². The molecule has 0 aliphatic heterocycles. The van der Waals surface area contributed by atoms with E-state index >= 15 is 0 Å². The number of H-pyrrole nitrogens is 1. The molecular formula is C20H22N4O2S. The topological polar surface area (TPSA) is 72.8 Å². The van der Waals surface area contributed by atoms with Crippen LogP contribution in [0.1, 0.15) is 21.7 Å². The Morgan fingerprint density at radius 1 is 1.33 bits per heavy atom. The highest BCUT2D eigenvalue weighted by molar-refractivity contribution is 7.99. The van der Waals surface area contributed by atoms with E-state index in [2.05, 4.69) is 26.3 Å². The summed E-state index contributed by atoms with van der Waals surface area (Å²) in [5, 5.41) is 7.67. The first-order chi connectivity index (χ1) is 13.0. The molecule has 0 bridgehead atoms. The van der Waals surface area contributed by atoms with Crippen molar-refractivity contribution < 1.29 is 9.53 Å². The molecule has 3 rings (SSSR count). The average molecular weight is 382 g/mol. The van der Waals surface area contributed by atoms with Crippen molar-refractivity contribution in [3.63, 3.8) is 0 Å². The Morgan fingerprint density at radius 2 is 2.07 bits per heavy atom. The summed E-state index contributed by atoms with van der Waals surface area (Å²) in [6, 6.07) is 9.49. The number of hydrogen-bond acceptors (Lipinski definition) is 5. The fourth-order valence-corrected chi connectivity index (χ4v) is 3.57. The van der Waals surface area contributed by atoms with Crippen LogP contribution in [0.3, 0.4) is 0 Å². The molecule has 2 heterocycles. The van der Waals surface area contributed by atoms with Gasteiger partial charge in [0.25, 0.3) is 0 Å². The molecule has 0 atom stereocenters. The van der Waals surface area contributed by atoms with Crippen LogP contribution in [0.4, 0.5) is 0 Å². The second-order valence-corrected chi connectivity index (χ2v) is 7.03. The number of carbonyl (C=O) groups excluding carboxylic acids is 1. The molecule has 27 heavy (non-hydrogen) atoms. The molecule has 0 saturated carbocycles. The summed E-state index contributed by atoms with van der Waals surface area (Å²) < 4.78 is 7.24. The van der Waals surface area contributed by atoms with Gasteiger partial charge in [0.05, 0.1) is 12.9 Å². The maximum atomic E-state index is 12.6. The summed E-state index contributed by atoms with van der Waals surface area (Å²) in [6.07, 6.45) is 1.83. The van der Waals surface area contributed by atoms with E-state index in [9.17, 15) is 4.79 Å². The molecule has 0 amide bonds. The predicted molar refractivity (Wildman–Crippen MR) is 108 cm³/mol. The van der Waals surface area contributed by atoms with E-state index in [4.69, 9.17) is 4.74 Å². The van der Waals surface area contributed by atoms with Crippen molar-refractivity contribution >= 4 is 17.5 Å². The lowest BCUT2D eigenvalue weighted by molar-refractivity contribution is 0.102. The molecule has 7 heteroatoms. The Bertz CT molecular complexity index is 957. The Hall–Kier alpha value is -2.80. The van der Waals surface area contributed by atoms with Crippen LogP contribution in [0.2, 0.25) is 0 Å². The smallest absolute Gasteiger partial charge is 0.209 e. The Balaban J connectivity index is 1.67. The van der Waals surface area contributed by atoms with Gasteiger partial charge in [-0.15, -0.1) is 11.7 Å². The van der Waals surface area contributed by atoms with Crippen molar-refractivity contribution in [2.24, 2.45) is 0 Å². The summed E-state index contributed by atoms with van der Waals surface area (Å²) in [4.78, 5) is 17.1. The minimum absolute atomic E-state index is 0.0687. The molecule has 0 aliphatic carbocycles. The normalized spacial score (nSPS) is 10.8. The SMILES string of the molecule is C=CCn1c(C)cc(C(=O)CSc2n[nH]c(-c3ccc(OC)cc3)n2)c1C. The van der Waals surface area contributed by atoms with Gasteiger partial charge < -0.3 is 9.30 Å². The highest BCUT2D eigenvalue weighted by Crippen LogP contribution is 2.23. The number of thioether (sulfide) groups is 1. The van der Waals surface area contributed by atoms with E-state index in [1.54, 1.807) is 7.11 Å². The summed E-state index contributed by atoms with van der Waals surface area (Å²) in [7, 11) is 1.63. The van der Waals surface area contributed by atoms with E-state index < -0.39 is 0 Å². The second-order valence-electron chi connectivity index (χ2n) is 6.09. The van der Waals surface area contributed by atoms with Gasteiger partial charge in [0.1, 0.15) is 5.75 Å². The number of rotatable bonds is 8. The van der Waals surface area contributed by atoms with E-state index in [0.29, 0.717) is 17.5 Å². The van der Waals surface area contributed by atoms with Crippen LogP contribution in [0.15, 0.2) is 48.1 Å². The average Bonchev–Trinajstić information content (AvgIpc) is 3.26. The largest absolute Gasteiger partial charge is 0.497 e. The van der Waals surface area contributed by atoms with Gasteiger partial charge in [-0.2, -0.15) is 0 Å². The summed E-state index contributed by atoms with van der Waals surface area (Å²) in [5.41, 5.74) is 3.68. The minimum Gasteiger partial charge on any atom is -0.497 e. The first-order valence-corrected chi connectivity index (χ1v) is 9.52. The van der Waals surface area contributed by atoms with Crippen molar-refractivity contribution in [1.29, 1.82) is 0 Å². The molecule has 140 valence electrons. The van der Waals surface area contributed by atoms with Crippen LogP contribution in [0.5, 0.6) is 5.75 Å². The number of ether oxygens (including phenoxy) is 1. The maximum absolute atomic E-state index is 12.6. The fourth-order valence-electron chi connectivity index (χ4n) is 2.89. The van der Waals surface area contributed by atoms with Crippen molar-refractivity contribution in [1.82, 2.24) is 19.7 Å². The second kappa shape index (κ2) is 8.26. The summed E-state index contributed by atoms with van der Waals surface area (Å²) in [5.74, 6) is 1.81. The lowest BCUT2D eigenvalue weighted by Gasteiger charge is -2.05. The molecule has 6 nitrogen and oxygen atoms in total. The first-order valence-electron chi connectivity index (χ1n) is 8.54. The number of aromatic amines is 1. The standard InChI is InChI=1S/C20H22N4O2S/c1-5-10-24-13(2)11-17(14(24)3)18(25)12-27-20-21-19(22-23-20)15-6-8-16(26-4)9-7-15/h5-9,11H,1,10,12H2,2-4H3,(H,21,22,23). The monoisotopic (exact) mass is 382 g/mol. The zero-order valence-corrected chi connectivity index (χ0v) is 16.5. The highest BCUT2D eigenvalue weighted by Gasteiger charge is 2.16. The molecule has 2 aromatic heterocycles. The predicted octanol–water partition coefficient (Wildman–Crippen LogP) is 4.06. The van der Waals surface area contributed by atoms with Gasteiger partial charge in [-0.1, -0.05) is 17.8 Å². The van der Waals surface area contributed by atoms with E-state index in [1.165, 1.54) is 11.8 Å². The third-order valence-corrected chi connectivity index (χ3v) is 5.19. The van der Waals surface area contributed by atoms with E-state index in [1.807, 2.05) is 50.3 Å². The van der Waals surface area contributed by atoms with E-state index in [0.717, 1.165) is 28.3 Å². The zero-order valence-electron chi connectivity index (χ0n) is 15.7. The molecule has 0 saturated heterocycles. The molecule has 0 aliphatic rings. The molecule has 0 fully saturated rings. The van der Waals surface area contributed by atoms with Gasteiger partial charge in [0, 0.05) is 29.1 Å². The number of ketones is 1. The highest BCUT2D eigenvalue weighted by atomic mass is 32.2. The van der Waals surface area contributed by atoms with Crippen molar-refractivity contribution in [3.05, 3.63) is 59.9 Å². The lowest BCUT2D eigenvalue weighted by Crippen LogP contribution is -2.06. The van der Waals surface area contributed by atoms with Crippen LogP contribution in [0, 0.1) is 13.8 Å². The quantitative estimate of drug-likeness (QED) is 0.361. The number of carbonyl (C=O) groups is 1. The number of nitrogens with one attached hydrogen (secondary N) is 1. The summed E-state index contributed by atoms with van der Waals surface area (Å²) >= 11 is 1.33. The number of aromatic nitrogens is 4. The number of Topliss-reactive ketones (excluding diaryl/α,β-unsaturated/α-hetero) is 1. The van der Waals surface area contributed by atoms with Crippen molar-refractivity contribution in [2.45, 2.75) is 25.5 Å². The van der Waals surface area contributed by atoms with E-state index in [-0.39, 0.29) is 11.5 Å². The number of allylic oxidation sites excluding steroid dienone is 1. The Kier molecular flexibility index (Phi) is 5.81. The van der Waals surface area contributed by atoms with Gasteiger partial charge in [-0.05, 0) is 44.2 Å². The summed E-state index contributed by atoms with van der Waals surface area (Å²) in [6.45, 7) is 8.43. The van der Waals surface area contributed by atoms with Crippen LogP contribution < -0.4 is 4.74 Å². The van der Waals surface area contributed by atoms with Crippen LogP contribution in [0.25, 0.3) is 11.4 Å². The third kappa shape index (κ3) is 4.14. The maximum Gasteiger partial charge on any atom is 0.209 e. The van der Waals surface area contributed by atoms with Gasteiger partial charge in [0.15, 0.2) is 11.6 Å². The van der Waals surface area contributed by atoms with Gasteiger partial charge in [0.2, 0.25) is 5.16 Å². The Morgan fingerprint density at radius 3 is 2.74 bits per heavy atom. The van der Waals surface area contributed by atoms with Crippen molar-refractivity contribution in [2.75, 3.05) is 12.9 Å².